The molecule has 0 fully saturated rings. The van der Waals surface area contributed by atoms with Gasteiger partial charge in [-0.15, -0.1) is 0 Å². The molecular weight excluding hydrogens is 232 g/mol. The van der Waals surface area contributed by atoms with Gasteiger partial charge in [0, 0.05) is 30.2 Å². The molecule has 1 aromatic carbocycles. The van der Waals surface area contributed by atoms with Crippen molar-refractivity contribution < 1.29 is 14.9 Å². The Morgan fingerprint density at radius 2 is 2.11 bits per heavy atom. The highest BCUT2D eigenvalue weighted by molar-refractivity contribution is 5.66. The molecule has 0 heterocycles. The smallest absolute Gasteiger partial charge is 0.164 e. The zero-order valence-corrected chi connectivity index (χ0v) is 10.6. The molecule has 0 aromatic heterocycles. The molecule has 0 unspecified atom stereocenters. The van der Waals surface area contributed by atoms with Gasteiger partial charge in [0.1, 0.15) is 12.4 Å². The number of hydrogen-bond donors (Lipinski definition) is 3. The largest absolute Gasteiger partial charge is 0.508 e. The lowest BCUT2D eigenvalue weighted by atomic mass is 10.3. The van der Waals surface area contributed by atoms with Crippen molar-refractivity contribution in [1.29, 1.82) is 0 Å². The van der Waals surface area contributed by atoms with Gasteiger partial charge in [-0.05, 0) is 26.6 Å². The maximum absolute atomic E-state index is 9.81. The Morgan fingerprint density at radius 1 is 1.33 bits per heavy atom. The monoisotopic (exact) mass is 252 g/mol. The van der Waals surface area contributed by atoms with Gasteiger partial charge >= 0.3 is 0 Å². The van der Waals surface area contributed by atoms with Crippen molar-refractivity contribution in [3.05, 3.63) is 17.2 Å². The Morgan fingerprint density at radius 3 is 2.83 bits per heavy atom. The third kappa shape index (κ3) is 2.86. The molecule has 18 heavy (non-hydrogen) atoms. The summed E-state index contributed by atoms with van der Waals surface area (Å²) in [6.45, 7) is 2.86. The minimum Gasteiger partial charge on any atom is -0.508 e. The summed E-state index contributed by atoms with van der Waals surface area (Å²) < 4.78 is 5.50. The molecule has 100 valence electrons. The van der Waals surface area contributed by atoms with Crippen LogP contribution in [0.2, 0.25) is 0 Å². The van der Waals surface area contributed by atoms with Crippen LogP contribution in [0.5, 0.6) is 17.2 Å². The number of phenolic OH excluding ortho intramolecular Hbond substituents is 2. The molecule has 0 saturated heterocycles. The fraction of sp³-hybridized carbons (Fsp3) is 0.538. The molecule has 1 aliphatic carbocycles. The molecule has 0 saturated carbocycles. The lowest BCUT2D eigenvalue weighted by Gasteiger charge is -2.16. The summed E-state index contributed by atoms with van der Waals surface area (Å²) in [6, 6.07) is 1.49. The molecule has 1 aliphatic rings. The second kappa shape index (κ2) is 5.46. The van der Waals surface area contributed by atoms with Gasteiger partial charge < -0.3 is 25.6 Å². The predicted octanol–water partition coefficient (Wildman–Crippen LogP) is 0.661. The van der Waals surface area contributed by atoms with Crippen molar-refractivity contribution in [1.82, 2.24) is 4.90 Å². The van der Waals surface area contributed by atoms with E-state index in [0.29, 0.717) is 25.3 Å². The van der Waals surface area contributed by atoms with E-state index in [-0.39, 0.29) is 11.5 Å². The molecule has 0 aliphatic heterocycles. The fourth-order valence-corrected chi connectivity index (χ4v) is 1.93. The van der Waals surface area contributed by atoms with Crippen LogP contribution in [-0.4, -0.2) is 48.4 Å². The van der Waals surface area contributed by atoms with Gasteiger partial charge in [0.2, 0.25) is 0 Å². The average Bonchev–Trinajstić information content (AvgIpc) is 3.13. The van der Waals surface area contributed by atoms with Crippen molar-refractivity contribution >= 4 is 0 Å². The van der Waals surface area contributed by atoms with Crippen LogP contribution in [0.15, 0.2) is 6.07 Å². The topological polar surface area (TPSA) is 79.0 Å². The molecule has 0 atom stereocenters. The Bertz CT molecular complexity index is 435. The van der Waals surface area contributed by atoms with E-state index < -0.39 is 0 Å². The molecular formula is C13H20N2O3. The van der Waals surface area contributed by atoms with Crippen LogP contribution < -0.4 is 10.5 Å². The third-order valence-corrected chi connectivity index (χ3v) is 3.16. The van der Waals surface area contributed by atoms with Gasteiger partial charge in [-0.2, -0.15) is 0 Å². The summed E-state index contributed by atoms with van der Waals surface area (Å²) in [5.74, 6) is 0.762. The highest BCUT2D eigenvalue weighted by Gasteiger charge is 2.28. The van der Waals surface area contributed by atoms with Gasteiger partial charge in [-0.25, -0.2) is 0 Å². The normalized spacial score (nSPS) is 12.6. The quantitative estimate of drug-likeness (QED) is 0.631. The second-order valence-electron chi connectivity index (χ2n) is 4.67. The number of hydrogen-bond acceptors (Lipinski definition) is 5. The van der Waals surface area contributed by atoms with E-state index in [1.807, 2.05) is 7.05 Å². The summed E-state index contributed by atoms with van der Waals surface area (Å²) in [6.07, 6.45) is 1.62. The van der Waals surface area contributed by atoms with Gasteiger partial charge in [0.05, 0.1) is 0 Å². The van der Waals surface area contributed by atoms with Crippen LogP contribution in [0.3, 0.4) is 0 Å². The molecule has 5 heteroatoms. The van der Waals surface area contributed by atoms with Crippen LogP contribution in [0, 0.1) is 0 Å². The van der Waals surface area contributed by atoms with Gasteiger partial charge in [-0.1, -0.05) is 0 Å². The first kappa shape index (κ1) is 13.0. The Balaban J connectivity index is 1.81. The van der Waals surface area contributed by atoms with E-state index in [1.165, 1.54) is 6.07 Å². The number of aromatic hydroxyl groups is 2. The Labute approximate surface area is 107 Å². The van der Waals surface area contributed by atoms with Crippen molar-refractivity contribution in [3.63, 3.8) is 0 Å². The van der Waals surface area contributed by atoms with E-state index in [1.54, 1.807) is 0 Å². The van der Waals surface area contributed by atoms with Crippen molar-refractivity contribution in [3.8, 4) is 17.2 Å². The van der Waals surface area contributed by atoms with Gasteiger partial charge in [0.15, 0.2) is 11.5 Å². The molecule has 2 rings (SSSR count). The van der Waals surface area contributed by atoms with Crippen molar-refractivity contribution in [2.75, 3.05) is 33.3 Å². The molecule has 4 N–H and O–H groups in total. The number of likely N-dealkylation sites (N-methyl/N-ethyl adjacent to an activating group) is 1. The Kier molecular flexibility index (Phi) is 3.93. The summed E-state index contributed by atoms with van der Waals surface area (Å²) in [7, 11) is 2.00. The Hall–Kier alpha value is -1.46. The molecule has 1 aromatic rings. The van der Waals surface area contributed by atoms with Crippen LogP contribution in [0.1, 0.15) is 17.5 Å². The minimum atomic E-state index is 0.174. The van der Waals surface area contributed by atoms with Crippen LogP contribution in [-0.2, 0) is 6.42 Å². The van der Waals surface area contributed by atoms with Gasteiger partial charge in [-0.3, -0.25) is 0 Å². The molecule has 0 radical (unpaired) electrons. The maximum Gasteiger partial charge on any atom is 0.164 e. The fourth-order valence-electron chi connectivity index (χ4n) is 1.93. The SMILES string of the molecule is CN(CCCN)CCOc1cc(O)c2c(c1O)C2. The highest BCUT2D eigenvalue weighted by atomic mass is 16.5. The predicted molar refractivity (Wildman–Crippen MR) is 69.2 cm³/mol. The lowest BCUT2D eigenvalue weighted by molar-refractivity contribution is 0.230. The lowest BCUT2D eigenvalue weighted by Crippen LogP contribution is -2.26. The van der Waals surface area contributed by atoms with E-state index in [2.05, 4.69) is 4.90 Å². The summed E-state index contributed by atoms with van der Waals surface area (Å²) in [5, 5.41) is 19.4. The summed E-state index contributed by atoms with van der Waals surface area (Å²) in [5.41, 5.74) is 7.08. The summed E-state index contributed by atoms with van der Waals surface area (Å²) >= 11 is 0. The first-order chi connectivity index (χ1) is 8.63. The third-order valence-electron chi connectivity index (χ3n) is 3.16. The number of ether oxygens (including phenoxy) is 1. The van der Waals surface area contributed by atoms with Crippen molar-refractivity contribution in [2.45, 2.75) is 12.8 Å². The first-order valence-corrected chi connectivity index (χ1v) is 6.21. The molecule has 0 bridgehead atoms. The van der Waals surface area contributed by atoms with Crippen LogP contribution >= 0.6 is 0 Å². The van der Waals surface area contributed by atoms with Gasteiger partial charge in [0.25, 0.3) is 0 Å². The highest BCUT2D eigenvalue weighted by Crippen LogP contribution is 2.48. The van der Waals surface area contributed by atoms with Crippen LogP contribution in [0.4, 0.5) is 0 Å². The zero-order valence-electron chi connectivity index (χ0n) is 10.6. The number of benzene rings is 1. The summed E-state index contributed by atoms with van der Waals surface area (Å²) in [4.78, 5) is 2.12. The second-order valence-corrected chi connectivity index (χ2v) is 4.67. The average molecular weight is 252 g/mol. The van der Waals surface area contributed by atoms with E-state index in [9.17, 15) is 10.2 Å². The number of nitrogens with zero attached hydrogens (tertiary/aromatic N) is 1. The van der Waals surface area contributed by atoms with Crippen molar-refractivity contribution in [2.24, 2.45) is 5.73 Å². The van der Waals surface area contributed by atoms with E-state index in [4.69, 9.17) is 10.5 Å². The van der Waals surface area contributed by atoms with E-state index >= 15 is 0 Å². The van der Waals surface area contributed by atoms with Crippen LogP contribution in [0.25, 0.3) is 0 Å². The standard InChI is InChI=1S/C13H20N2O3/c1-15(4-2-3-14)5-6-18-12-8-11(16)9-7-10(9)13(12)17/h8,16-17H,2-7,14H2,1H3. The minimum absolute atomic E-state index is 0.174. The number of fused-ring (bicyclic) bond motifs is 1. The number of nitrogens with two attached hydrogens (primary N) is 1. The maximum atomic E-state index is 9.81. The number of phenols is 2. The molecule has 0 spiro atoms. The number of rotatable bonds is 7. The van der Waals surface area contributed by atoms with E-state index in [0.717, 1.165) is 30.6 Å². The molecule has 0 amide bonds. The first-order valence-electron chi connectivity index (χ1n) is 6.21. The zero-order chi connectivity index (χ0) is 13.1. The molecule has 5 nitrogen and oxygen atoms in total.